The number of hydrogen-bond acceptors (Lipinski definition) is 8. The van der Waals surface area contributed by atoms with Crippen molar-refractivity contribution in [3.63, 3.8) is 0 Å². The number of thioether (sulfide) groups is 1. The molecule has 6 nitrogen and oxygen atoms in total. The van der Waals surface area contributed by atoms with E-state index < -0.39 is 6.10 Å². The number of para-hydroxylation sites is 1. The van der Waals surface area contributed by atoms with Crippen LogP contribution >= 0.6 is 23.1 Å². The van der Waals surface area contributed by atoms with Gasteiger partial charge in [-0.3, -0.25) is 0 Å². The summed E-state index contributed by atoms with van der Waals surface area (Å²) in [6, 6.07) is 11.7. The normalized spacial score (nSPS) is 13.6. The minimum atomic E-state index is -0.679. The average molecular weight is 391 g/mol. The summed E-state index contributed by atoms with van der Waals surface area (Å²) < 4.78 is 24.9. The first-order valence-electron chi connectivity index (χ1n) is 7.74. The van der Waals surface area contributed by atoms with Crippen LogP contribution in [0, 0.1) is 5.82 Å². The van der Waals surface area contributed by atoms with E-state index in [1.54, 1.807) is 30.3 Å². The molecule has 1 aromatic heterocycles. The zero-order valence-electron chi connectivity index (χ0n) is 13.4. The maximum Gasteiger partial charge on any atom is 0.231 e. The molecule has 26 heavy (non-hydrogen) atoms. The number of anilines is 2. The Hall–Kier alpha value is -2.36. The highest BCUT2D eigenvalue weighted by Gasteiger charge is 2.17. The molecule has 2 heterocycles. The molecular weight excluding hydrogens is 377 g/mol. The molecule has 3 aromatic rings. The van der Waals surface area contributed by atoms with E-state index in [-0.39, 0.29) is 12.6 Å². The maximum absolute atomic E-state index is 13.7. The second kappa shape index (κ2) is 7.48. The fourth-order valence-corrected chi connectivity index (χ4v) is 4.12. The fourth-order valence-electron chi connectivity index (χ4n) is 2.36. The van der Waals surface area contributed by atoms with E-state index in [4.69, 9.17) is 9.47 Å². The number of benzene rings is 2. The summed E-state index contributed by atoms with van der Waals surface area (Å²) >= 11 is 2.68. The number of halogens is 1. The summed E-state index contributed by atoms with van der Waals surface area (Å²) in [5, 5.41) is 21.8. The molecule has 0 spiro atoms. The third-order valence-electron chi connectivity index (χ3n) is 3.67. The Balaban J connectivity index is 1.36. The number of hydrogen-bond donors (Lipinski definition) is 2. The molecule has 0 aliphatic carbocycles. The summed E-state index contributed by atoms with van der Waals surface area (Å²) in [6.07, 6.45) is -0.679. The van der Waals surface area contributed by atoms with Gasteiger partial charge in [0.25, 0.3) is 0 Å². The van der Waals surface area contributed by atoms with Crippen LogP contribution in [0.4, 0.5) is 15.2 Å². The largest absolute Gasteiger partial charge is 0.454 e. The molecule has 0 fully saturated rings. The molecule has 0 radical (unpaired) electrons. The minimum Gasteiger partial charge on any atom is -0.454 e. The molecule has 134 valence electrons. The van der Waals surface area contributed by atoms with Crippen LogP contribution in [0.3, 0.4) is 0 Å². The van der Waals surface area contributed by atoms with Crippen molar-refractivity contribution in [3.8, 4) is 11.5 Å². The van der Waals surface area contributed by atoms with Crippen molar-refractivity contribution in [2.75, 3.05) is 17.9 Å². The number of aliphatic hydroxyl groups is 1. The molecule has 2 aromatic carbocycles. The molecule has 2 N–H and O–H groups in total. The number of aromatic nitrogens is 2. The number of rotatable bonds is 6. The monoisotopic (exact) mass is 391 g/mol. The van der Waals surface area contributed by atoms with Gasteiger partial charge in [-0.1, -0.05) is 41.3 Å². The van der Waals surface area contributed by atoms with Crippen LogP contribution in [-0.2, 0) is 0 Å². The predicted octanol–water partition coefficient (Wildman–Crippen LogP) is 3.98. The van der Waals surface area contributed by atoms with Crippen molar-refractivity contribution < 1.29 is 19.0 Å². The van der Waals surface area contributed by atoms with Gasteiger partial charge in [-0.25, -0.2) is 4.39 Å². The summed E-state index contributed by atoms with van der Waals surface area (Å²) in [4.78, 5) is 0. The number of fused-ring (bicyclic) bond motifs is 1. The topological polar surface area (TPSA) is 76.5 Å². The van der Waals surface area contributed by atoms with Crippen molar-refractivity contribution in [2.45, 2.75) is 10.4 Å². The zero-order valence-corrected chi connectivity index (χ0v) is 15.0. The molecule has 0 bridgehead atoms. The van der Waals surface area contributed by atoms with Crippen molar-refractivity contribution in [3.05, 3.63) is 53.8 Å². The third-order valence-corrected chi connectivity index (χ3v) is 5.72. The van der Waals surface area contributed by atoms with E-state index >= 15 is 0 Å². The van der Waals surface area contributed by atoms with Crippen LogP contribution in [0.2, 0.25) is 0 Å². The van der Waals surface area contributed by atoms with E-state index in [2.05, 4.69) is 15.5 Å². The molecule has 1 aliphatic heterocycles. The van der Waals surface area contributed by atoms with Crippen LogP contribution in [0.5, 0.6) is 11.5 Å². The summed E-state index contributed by atoms with van der Waals surface area (Å²) in [5.41, 5.74) is 1.09. The first-order chi connectivity index (χ1) is 12.7. The summed E-state index contributed by atoms with van der Waals surface area (Å²) in [6.45, 7) is 0.201. The van der Waals surface area contributed by atoms with E-state index in [0.29, 0.717) is 32.4 Å². The lowest BCUT2D eigenvalue weighted by Crippen LogP contribution is -2.00. The van der Waals surface area contributed by atoms with E-state index in [1.807, 2.05) is 6.07 Å². The highest BCUT2D eigenvalue weighted by atomic mass is 32.2. The molecule has 0 amide bonds. The number of nitrogens with zero attached hydrogens (tertiary/aromatic N) is 2. The second-order valence-corrected chi connectivity index (χ2v) is 7.66. The van der Waals surface area contributed by atoms with Gasteiger partial charge in [-0.05, 0) is 29.8 Å². The van der Waals surface area contributed by atoms with Gasteiger partial charge in [0.05, 0.1) is 11.8 Å². The standard InChI is InChI=1S/C17H14FN3O3S2/c18-11-3-1-2-4-12(11)19-16-20-21-17(26-16)25-8-13(22)10-5-6-14-15(7-10)24-9-23-14/h1-7,13,22H,8-9H2,(H,19,20)/t13-/m0/s1. The Morgan fingerprint density at radius 1 is 1.19 bits per heavy atom. The van der Waals surface area contributed by atoms with Crippen molar-refractivity contribution >= 4 is 33.9 Å². The Morgan fingerprint density at radius 2 is 2.04 bits per heavy atom. The molecular formula is C17H14FN3O3S2. The molecule has 0 unspecified atom stereocenters. The first kappa shape index (κ1) is 17.1. The quantitative estimate of drug-likeness (QED) is 0.616. The number of nitrogens with one attached hydrogen (secondary N) is 1. The zero-order chi connectivity index (χ0) is 17.9. The van der Waals surface area contributed by atoms with Gasteiger partial charge in [0.2, 0.25) is 11.9 Å². The maximum atomic E-state index is 13.7. The van der Waals surface area contributed by atoms with Gasteiger partial charge in [0.1, 0.15) is 5.82 Å². The van der Waals surface area contributed by atoms with Crippen molar-refractivity contribution in [2.24, 2.45) is 0 Å². The van der Waals surface area contributed by atoms with E-state index in [1.165, 1.54) is 29.2 Å². The summed E-state index contributed by atoms with van der Waals surface area (Å²) in [5.74, 6) is 1.38. The Kier molecular flexibility index (Phi) is 4.91. The molecule has 0 saturated carbocycles. The van der Waals surface area contributed by atoms with Gasteiger partial charge >= 0.3 is 0 Å². The molecule has 0 saturated heterocycles. The smallest absolute Gasteiger partial charge is 0.231 e. The predicted molar refractivity (Wildman–Crippen MR) is 97.8 cm³/mol. The highest BCUT2D eigenvalue weighted by molar-refractivity contribution is 8.01. The minimum absolute atomic E-state index is 0.201. The van der Waals surface area contributed by atoms with Gasteiger partial charge in [-0.15, -0.1) is 10.2 Å². The van der Waals surface area contributed by atoms with Crippen LogP contribution in [-0.4, -0.2) is 27.8 Å². The SMILES string of the molecule is O[C@@H](CSc1nnc(Nc2ccccc2F)s1)c1ccc2c(c1)OCO2. The van der Waals surface area contributed by atoms with Gasteiger partial charge in [0, 0.05) is 5.75 Å². The van der Waals surface area contributed by atoms with Crippen LogP contribution in [0.15, 0.2) is 46.8 Å². The van der Waals surface area contributed by atoms with Gasteiger partial charge in [-0.2, -0.15) is 0 Å². The third kappa shape index (κ3) is 3.74. The van der Waals surface area contributed by atoms with Crippen LogP contribution in [0.1, 0.15) is 11.7 Å². The molecule has 9 heteroatoms. The lowest BCUT2D eigenvalue weighted by Gasteiger charge is -2.10. The van der Waals surface area contributed by atoms with Crippen molar-refractivity contribution in [1.29, 1.82) is 0 Å². The Bertz CT molecular complexity index is 922. The Labute approximate surface area is 157 Å². The molecule has 4 rings (SSSR count). The fraction of sp³-hybridized carbons (Fsp3) is 0.176. The lowest BCUT2D eigenvalue weighted by molar-refractivity contribution is 0.173. The number of aliphatic hydroxyl groups excluding tert-OH is 1. The average Bonchev–Trinajstić information content (AvgIpc) is 3.30. The Morgan fingerprint density at radius 3 is 2.92 bits per heavy atom. The molecule has 1 atom stereocenters. The number of ether oxygens (including phenoxy) is 2. The van der Waals surface area contributed by atoms with Crippen molar-refractivity contribution in [1.82, 2.24) is 10.2 Å². The molecule has 1 aliphatic rings. The van der Waals surface area contributed by atoms with Gasteiger partial charge < -0.3 is 19.9 Å². The second-order valence-electron chi connectivity index (χ2n) is 5.42. The van der Waals surface area contributed by atoms with Gasteiger partial charge in [0.15, 0.2) is 15.8 Å². The van der Waals surface area contributed by atoms with Crippen LogP contribution in [0.25, 0.3) is 0 Å². The van der Waals surface area contributed by atoms with E-state index in [0.717, 1.165) is 5.56 Å². The highest BCUT2D eigenvalue weighted by Crippen LogP contribution is 2.36. The summed E-state index contributed by atoms with van der Waals surface area (Å²) in [7, 11) is 0. The van der Waals surface area contributed by atoms with E-state index in [9.17, 15) is 9.50 Å². The first-order valence-corrected chi connectivity index (χ1v) is 9.55. The lowest BCUT2D eigenvalue weighted by atomic mass is 10.1. The van der Waals surface area contributed by atoms with Crippen LogP contribution < -0.4 is 14.8 Å².